The van der Waals surface area contributed by atoms with Crippen molar-refractivity contribution in [3.05, 3.63) is 35.6 Å². The molecule has 2 N–H and O–H groups in total. The highest BCUT2D eigenvalue weighted by Gasteiger charge is 2.43. The summed E-state index contributed by atoms with van der Waals surface area (Å²) in [5, 5.41) is 15.6. The highest BCUT2D eigenvalue weighted by Crippen LogP contribution is 2.39. The van der Waals surface area contributed by atoms with Crippen LogP contribution in [0.3, 0.4) is 0 Å². The molecule has 1 aromatic rings. The Bertz CT molecular complexity index is 677. The lowest BCUT2D eigenvalue weighted by molar-refractivity contribution is -0.122. The minimum absolute atomic E-state index is 0.0838. The van der Waals surface area contributed by atoms with Gasteiger partial charge in [-0.25, -0.2) is 4.39 Å². The van der Waals surface area contributed by atoms with Gasteiger partial charge >= 0.3 is 0 Å². The zero-order chi connectivity index (χ0) is 17.9. The molecule has 0 spiro atoms. The number of nitriles is 1. The van der Waals surface area contributed by atoms with E-state index in [9.17, 15) is 14.4 Å². The van der Waals surface area contributed by atoms with E-state index < -0.39 is 11.1 Å². The Morgan fingerprint density at radius 1 is 1.44 bits per heavy atom. The van der Waals surface area contributed by atoms with E-state index in [4.69, 9.17) is 4.74 Å². The molecule has 1 saturated heterocycles. The quantitative estimate of drug-likeness (QED) is 0.829. The molecule has 5 nitrogen and oxygen atoms in total. The van der Waals surface area contributed by atoms with Gasteiger partial charge in [-0.15, -0.1) is 0 Å². The molecule has 1 atom stereocenters. The average molecular weight is 345 g/mol. The number of benzene rings is 1. The molecule has 0 unspecified atom stereocenters. The summed E-state index contributed by atoms with van der Waals surface area (Å²) in [4.78, 5) is 12.4. The van der Waals surface area contributed by atoms with E-state index in [1.165, 1.54) is 12.1 Å². The maximum atomic E-state index is 13.7. The molecule has 25 heavy (non-hydrogen) atoms. The molecule has 0 radical (unpaired) electrons. The Hall–Kier alpha value is -1.97. The molecule has 2 aliphatic rings. The third-order valence-corrected chi connectivity index (χ3v) is 5.34. The fourth-order valence-electron chi connectivity index (χ4n) is 3.54. The summed E-state index contributed by atoms with van der Waals surface area (Å²) in [6, 6.07) is 8.72. The van der Waals surface area contributed by atoms with Crippen LogP contribution in [0.25, 0.3) is 0 Å². The Kier molecular flexibility index (Phi) is 5.07. The molecule has 1 amide bonds. The lowest BCUT2D eigenvalue weighted by Crippen LogP contribution is -2.54. The van der Waals surface area contributed by atoms with Crippen molar-refractivity contribution >= 4 is 5.91 Å². The van der Waals surface area contributed by atoms with E-state index in [2.05, 4.69) is 16.7 Å². The third kappa shape index (κ3) is 4.00. The number of halogens is 1. The molecular weight excluding hydrogens is 321 g/mol. The predicted octanol–water partition coefficient (Wildman–Crippen LogP) is 2.23. The molecule has 1 aromatic carbocycles. The topological polar surface area (TPSA) is 74.2 Å². The highest BCUT2D eigenvalue weighted by molar-refractivity contribution is 5.79. The van der Waals surface area contributed by atoms with Gasteiger partial charge in [0.25, 0.3) is 0 Å². The van der Waals surface area contributed by atoms with Crippen LogP contribution in [0, 0.1) is 23.1 Å². The van der Waals surface area contributed by atoms with Gasteiger partial charge in [0.15, 0.2) is 0 Å². The molecule has 1 saturated carbocycles. The van der Waals surface area contributed by atoms with E-state index in [0.717, 1.165) is 18.4 Å². The number of amides is 1. The Labute approximate surface area is 147 Å². The number of carbonyl (C=O) groups excluding carboxylic acids is 1. The Morgan fingerprint density at radius 3 is 2.76 bits per heavy atom. The number of rotatable bonds is 6. The molecule has 0 bridgehead atoms. The number of nitrogens with zero attached hydrogens (tertiary/aromatic N) is 1. The van der Waals surface area contributed by atoms with E-state index in [-0.39, 0.29) is 24.2 Å². The van der Waals surface area contributed by atoms with Crippen LogP contribution in [-0.2, 0) is 15.1 Å². The van der Waals surface area contributed by atoms with E-state index in [1.54, 1.807) is 13.0 Å². The third-order valence-electron chi connectivity index (χ3n) is 5.34. The van der Waals surface area contributed by atoms with Gasteiger partial charge in [0.1, 0.15) is 11.4 Å². The maximum Gasteiger partial charge on any atom is 0.235 e. The Morgan fingerprint density at radius 2 is 2.16 bits per heavy atom. The van der Waals surface area contributed by atoms with Crippen molar-refractivity contribution < 1.29 is 13.9 Å². The first-order valence-corrected chi connectivity index (χ1v) is 8.78. The molecule has 1 aliphatic carbocycles. The number of carbonyl (C=O) groups is 1. The fraction of sp³-hybridized carbons (Fsp3) is 0.579. The van der Waals surface area contributed by atoms with Crippen LogP contribution < -0.4 is 10.6 Å². The van der Waals surface area contributed by atoms with Crippen molar-refractivity contribution in [2.45, 2.75) is 43.7 Å². The number of hydrogen-bond donors (Lipinski definition) is 2. The first-order valence-electron chi connectivity index (χ1n) is 8.78. The number of ether oxygens (including phenoxy) is 1. The van der Waals surface area contributed by atoms with Crippen molar-refractivity contribution in [2.24, 2.45) is 5.92 Å². The first kappa shape index (κ1) is 17.8. The molecular formula is C19H24FN3O2. The van der Waals surface area contributed by atoms with Crippen LogP contribution in [0.5, 0.6) is 0 Å². The first-order chi connectivity index (χ1) is 12.0. The van der Waals surface area contributed by atoms with Crippen LogP contribution in [0.15, 0.2) is 24.3 Å². The molecule has 6 heteroatoms. The van der Waals surface area contributed by atoms with Crippen molar-refractivity contribution in [2.75, 3.05) is 19.8 Å². The van der Waals surface area contributed by atoms with E-state index in [1.807, 2.05) is 6.07 Å². The molecule has 0 aromatic heterocycles. The van der Waals surface area contributed by atoms with E-state index >= 15 is 0 Å². The number of hydrogen-bond acceptors (Lipinski definition) is 4. The minimum Gasteiger partial charge on any atom is -0.381 e. The summed E-state index contributed by atoms with van der Waals surface area (Å²) in [7, 11) is 0. The van der Waals surface area contributed by atoms with Crippen molar-refractivity contribution in [3.63, 3.8) is 0 Å². The van der Waals surface area contributed by atoms with Gasteiger partial charge in [0.2, 0.25) is 5.91 Å². The van der Waals surface area contributed by atoms with Crippen molar-refractivity contribution in [3.8, 4) is 6.07 Å². The van der Waals surface area contributed by atoms with Gasteiger partial charge in [-0.05, 0) is 56.2 Å². The standard InChI is InChI=1S/C19H24FN3O2/c1-18(13-21,14-5-6-14)23-17(24)12-22-19(7-9-25-10-8-19)15-3-2-4-16(20)11-15/h2-4,11,14,22H,5-10,12H2,1H3,(H,23,24)/t18-/m0/s1. The summed E-state index contributed by atoms with van der Waals surface area (Å²) < 4.78 is 19.1. The predicted molar refractivity (Wildman–Crippen MR) is 91.0 cm³/mol. The van der Waals surface area contributed by atoms with Crippen LogP contribution in [-0.4, -0.2) is 31.2 Å². The van der Waals surface area contributed by atoms with Crippen molar-refractivity contribution in [1.29, 1.82) is 5.26 Å². The molecule has 2 fully saturated rings. The zero-order valence-corrected chi connectivity index (χ0v) is 14.5. The summed E-state index contributed by atoms with van der Waals surface area (Å²) in [6.07, 6.45) is 3.29. The smallest absolute Gasteiger partial charge is 0.235 e. The normalized spacial score (nSPS) is 21.8. The summed E-state index contributed by atoms with van der Waals surface area (Å²) in [5.74, 6) is -0.264. The average Bonchev–Trinajstić information content (AvgIpc) is 3.46. The summed E-state index contributed by atoms with van der Waals surface area (Å²) in [5.41, 5.74) is -0.463. The van der Waals surface area contributed by atoms with Crippen LogP contribution in [0.1, 0.15) is 38.2 Å². The van der Waals surface area contributed by atoms with Gasteiger partial charge in [0, 0.05) is 18.8 Å². The largest absolute Gasteiger partial charge is 0.381 e. The van der Waals surface area contributed by atoms with Crippen LogP contribution in [0.2, 0.25) is 0 Å². The second-order valence-corrected chi connectivity index (χ2v) is 7.19. The van der Waals surface area contributed by atoms with Crippen LogP contribution >= 0.6 is 0 Å². The van der Waals surface area contributed by atoms with Gasteiger partial charge in [-0.3, -0.25) is 10.1 Å². The van der Waals surface area contributed by atoms with Gasteiger partial charge < -0.3 is 10.1 Å². The highest BCUT2D eigenvalue weighted by atomic mass is 19.1. The van der Waals surface area contributed by atoms with Gasteiger partial charge in [-0.1, -0.05) is 12.1 Å². The lowest BCUT2D eigenvalue weighted by Gasteiger charge is -2.39. The SMILES string of the molecule is C[C@@](C#N)(NC(=O)CNC1(c2cccc(F)c2)CCOCC1)C1CC1. The fourth-order valence-corrected chi connectivity index (χ4v) is 3.54. The van der Waals surface area contributed by atoms with Crippen molar-refractivity contribution in [1.82, 2.24) is 10.6 Å². The van der Waals surface area contributed by atoms with Crippen LogP contribution in [0.4, 0.5) is 4.39 Å². The summed E-state index contributed by atoms with van der Waals surface area (Å²) >= 11 is 0. The molecule has 3 rings (SSSR count). The summed E-state index contributed by atoms with van der Waals surface area (Å²) in [6.45, 7) is 2.98. The number of nitrogens with one attached hydrogen (secondary N) is 2. The molecule has 134 valence electrons. The zero-order valence-electron chi connectivity index (χ0n) is 14.5. The van der Waals surface area contributed by atoms with E-state index in [0.29, 0.717) is 26.1 Å². The lowest BCUT2D eigenvalue weighted by atomic mass is 9.82. The molecule has 1 aliphatic heterocycles. The minimum atomic E-state index is -0.805. The monoisotopic (exact) mass is 345 g/mol. The van der Waals surface area contributed by atoms with Gasteiger partial charge in [0.05, 0.1) is 12.6 Å². The second-order valence-electron chi connectivity index (χ2n) is 7.19. The van der Waals surface area contributed by atoms with Gasteiger partial charge in [-0.2, -0.15) is 5.26 Å². The molecule has 1 heterocycles. The Balaban J connectivity index is 1.69. The maximum absolute atomic E-state index is 13.7. The second kappa shape index (κ2) is 7.11.